The van der Waals surface area contributed by atoms with E-state index in [0.29, 0.717) is 33.4 Å². The normalized spacial score (nSPS) is 12.4. The number of hydrogen-bond acceptors (Lipinski definition) is 6. The smallest absolute Gasteiger partial charge is 0.336 e. The summed E-state index contributed by atoms with van der Waals surface area (Å²) in [5, 5.41) is 17.8. The Bertz CT molecular complexity index is 3580. The number of carboxylic acid groups (broad SMARTS) is 1. The molecule has 0 atom stereocenters. The van der Waals surface area contributed by atoms with E-state index in [-0.39, 0.29) is 11.3 Å². The average molecular weight is 739 g/mol. The van der Waals surface area contributed by atoms with Gasteiger partial charge in [0, 0.05) is 76.5 Å². The number of carbonyl (C=O) groups excluding carboxylic acids is 1. The highest BCUT2D eigenvalue weighted by Crippen LogP contribution is 2.49. The summed E-state index contributed by atoms with van der Waals surface area (Å²) in [7, 11) is 0. The number of rotatable bonds is 2. The number of aromatic carboxylic acids is 1. The van der Waals surface area contributed by atoms with Gasteiger partial charge in [-0.05, 0) is 60.7 Å². The van der Waals surface area contributed by atoms with Gasteiger partial charge in [-0.3, -0.25) is 4.79 Å². The molecule has 0 fully saturated rings. The number of fused-ring (bicyclic) bond motifs is 17. The van der Waals surface area contributed by atoms with Gasteiger partial charge in [-0.1, -0.05) is 91.0 Å². The van der Waals surface area contributed by atoms with Crippen LogP contribution in [0.4, 0.5) is 0 Å². The van der Waals surface area contributed by atoms with E-state index in [4.69, 9.17) is 17.7 Å². The second-order valence-electron chi connectivity index (χ2n) is 14.3. The van der Waals surface area contributed by atoms with E-state index in [0.717, 1.165) is 87.7 Å². The van der Waals surface area contributed by atoms with Crippen molar-refractivity contribution in [1.29, 1.82) is 0 Å². The predicted octanol–water partition coefficient (Wildman–Crippen LogP) is 13.5. The van der Waals surface area contributed by atoms with Gasteiger partial charge in [-0.25, -0.2) is 4.79 Å². The van der Waals surface area contributed by atoms with E-state index in [2.05, 4.69) is 0 Å². The van der Waals surface area contributed by atoms with Crippen LogP contribution in [-0.2, 0) is 0 Å². The number of benzene rings is 8. The molecule has 0 bridgehead atoms. The van der Waals surface area contributed by atoms with Crippen molar-refractivity contribution in [2.45, 2.75) is 0 Å². The molecule has 0 amide bonds. The van der Waals surface area contributed by atoms with Crippen LogP contribution in [0.1, 0.15) is 26.3 Å². The van der Waals surface area contributed by atoms with E-state index in [9.17, 15) is 14.7 Å². The zero-order chi connectivity index (χ0) is 37.9. The van der Waals surface area contributed by atoms with Crippen molar-refractivity contribution in [2.75, 3.05) is 0 Å². The molecule has 13 rings (SSSR count). The standard InChI is InChI=1S/C25H14O4.C25H12O3/c26-25(27)19-13-12-17-15-7-2-4-11-21(15)29-24(17)22(19)18-9-5-8-16-14-6-1-3-10-20(14)28-23(16)18;26-23-17-11-9-15-13-5-1-3-7-19(13)27-24(15)21(17)22-18(23)12-10-16-14-6-2-4-8-20(14)28-25(16)22/h1-13H,(H,26,27);1-12H. The zero-order valence-electron chi connectivity index (χ0n) is 29.8. The van der Waals surface area contributed by atoms with Crippen LogP contribution >= 0.6 is 0 Å². The summed E-state index contributed by atoms with van der Waals surface area (Å²) < 4.78 is 24.8. The Labute approximate surface area is 321 Å². The number of para-hydroxylation sites is 5. The zero-order valence-corrected chi connectivity index (χ0v) is 29.8. The second-order valence-corrected chi connectivity index (χ2v) is 14.3. The number of carboxylic acids is 1. The first-order valence-electron chi connectivity index (χ1n) is 18.6. The second kappa shape index (κ2) is 11.6. The van der Waals surface area contributed by atoms with Gasteiger partial charge in [-0.15, -0.1) is 0 Å². The fourth-order valence-corrected chi connectivity index (χ4v) is 8.78. The average Bonchev–Trinajstić information content (AvgIpc) is 4.06. The van der Waals surface area contributed by atoms with E-state index in [1.165, 1.54) is 0 Å². The van der Waals surface area contributed by atoms with Crippen LogP contribution in [0, 0.1) is 0 Å². The Hall–Kier alpha value is -7.90. The topological polar surface area (TPSA) is 107 Å². The van der Waals surface area contributed by atoms with Crippen molar-refractivity contribution < 1.29 is 32.4 Å². The van der Waals surface area contributed by atoms with Crippen LogP contribution in [0.5, 0.6) is 0 Å². The minimum Gasteiger partial charge on any atom is -0.478 e. The van der Waals surface area contributed by atoms with Gasteiger partial charge in [0.15, 0.2) is 5.78 Å². The van der Waals surface area contributed by atoms with Crippen LogP contribution < -0.4 is 0 Å². The highest BCUT2D eigenvalue weighted by atomic mass is 16.4. The van der Waals surface area contributed by atoms with Crippen molar-refractivity contribution in [3.8, 4) is 22.3 Å². The Balaban J connectivity index is 0.000000125. The van der Waals surface area contributed by atoms with Gasteiger partial charge >= 0.3 is 5.97 Å². The van der Waals surface area contributed by atoms with Gasteiger partial charge in [0.1, 0.15) is 44.7 Å². The first-order chi connectivity index (χ1) is 28.0. The molecule has 1 aliphatic carbocycles. The van der Waals surface area contributed by atoms with Gasteiger partial charge in [0.25, 0.3) is 0 Å². The molecule has 1 aliphatic rings. The Kier molecular flexibility index (Phi) is 6.38. The van der Waals surface area contributed by atoms with Crippen LogP contribution in [0.2, 0.25) is 0 Å². The Morgan fingerprint density at radius 2 is 0.719 bits per heavy atom. The lowest BCUT2D eigenvalue weighted by Gasteiger charge is -2.08. The van der Waals surface area contributed by atoms with Crippen molar-refractivity contribution in [2.24, 2.45) is 0 Å². The molecule has 57 heavy (non-hydrogen) atoms. The van der Waals surface area contributed by atoms with Crippen molar-refractivity contribution in [3.63, 3.8) is 0 Å². The summed E-state index contributed by atoms with van der Waals surface area (Å²) >= 11 is 0. The number of carbonyl (C=O) groups is 2. The maximum Gasteiger partial charge on any atom is 0.336 e. The summed E-state index contributed by atoms with van der Waals surface area (Å²) in [5.74, 6) is -0.981. The first kappa shape index (κ1) is 31.5. The van der Waals surface area contributed by atoms with Crippen molar-refractivity contribution in [3.05, 3.63) is 168 Å². The SMILES string of the molecule is O=C(O)c1ccc2c(oc3ccccc32)c1-c1cccc2c1oc1ccccc12.O=C1c2ccc3c(oc4ccccc43)c2-c2c1ccc1c2oc2ccccc21. The molecule has 8 aromatic carbocycles. The molecule has 0 radical (unpaired) electrons. The molecule has 0 aliphatic heterocycles. The molecule has 0 saturated heterocycles. The van der Waals surface area contributed by atoms with Gasteiger partial charge in [-0.2, -0.15) is 0 Å². The molecule has 0 spiro atoms. The van der Waals surface area contributed by atoms with E-state index >= 15 is 0 Å². The molecule has 4 heterocycles. The Morgan fingerprint density at radius 1 is 0.351 bits per heavy atom. The fourth-order valence-electron chi connectivity index (χ4n) is 8.78. The Morgan fingerprint density at radius 3 is 1.18 bits per heavy atom. The van der Waals surface area contributed by atoms with Crippen molar-refractivity contribution >= 4 is 99.5 Å². The van der Waals surface area contributed by atoms with Crippen molar-refractivity contribution in [1.82, 2.24) is 0 Å². The lowest BCUT2D eigenvalue weighted by atomic mass is 9.95. The van der Waals surface area contributed by atoms with Gasteiger partial charge < -0.3 is 22.8 Å². The summed E-state index contributed by atoms with van der Waals surface area (Å²) in [5.41, 5.74) is 10.3. The molecule has 7 nitrogen and oxygen atoms in total. The van der Waals surface area contributed by atoms with Crippen LogP contribution in [-0.4, -0.2) is 16.9 Å². The van der Waals surface area contributed by atoms with E-state index in [1.807, 2.05) is 146 Å². The van der Waals surface area contributed by atoms with E-state index in [1.54, 1.807) is 6.07 Å². The van der Waals surface area contributed by atoms with Gasteiger partial charge in [0.05, 0.1) is 5.56 Å². The third kappa shape index (κ3) is 4.36. The summed E-state index contributed by atoms with van der Waals surface area (Å²) in [4.78, 5) is 25.2. The molecule has 0 unspecified atom stereocenters. The fraction of sp³-hybridized carbons (Fsp3) is 0. The quantitative estimate of drug-likeness (QED) is 0.188. The summed E-state index contributed by atoms with van der Waals surface area (Å²) in [6.45, 7) is 0. The highest BCUT2D eigenvalue weighted by Gasteiger charge is 2.34. The number of ketones is 1. The largest absolute Gasteiger partial charge is 0.478 e. The maximum atomic E-state index is 13.1. The van der Waals surface area contributed by atoms with Crippen LogP contribution in [0.15, 0.2) is 169 Å². The molecule has 1 N–H and O–H groups in total. The number of hydrogen-bond donors (Lipinski definition) is 1. The monoisotopic (exact) mass is 738 g/mol. The molecule has 268 valence electrons. The molecular formula is C50H26O7. The number of furan rings is 4. The molecular weight excluding hydrogens is 713 g/mol. The molecule has 4 aromatic heterocycles. The third-order valence-electron chi connectivity index (χ3n) is 11.3. The lowest BCUT2D eigenvalue weighted by molar-refractivity contribution is 0.0697. The molecule has 7 heteroatoms. The minimum absolute atomic E-state index is 0.0229. The van der Waals surface area contributed by atoms with Gasteiger partial charge in [0.2, 0.25) is 0 Å². The highest BCUT2D eigenvalue weighted by molar-refractivity contribution is 6.31. The molecule has 0 saturated carbocycles. The predicted molar refractivity (Wildman–Crippen MR) is 223 cm³/mol. The van der Waals surface area contributed by atoms with Crippen LogP contribution in [0.3, 0.4) is 0 Å². The maximum absolute atomic E-state index is 13.1. The first-order valence-corrected chi connectivity index (χ1v) is 18.6. The van der Waals surface area contributed by atoms with E-state index < -0.39 is 5.97 Å². The third-order valence-corrected chi connectivity index (χ3v) is 11.3. The minimum atomic E-state index is -1.00. The lowest BCUT2D eigenvalue weighted by Crippen LogP contribution is -2.00. The summed E-state index contributed by atoms with van der Waals surface area (Å²) in [6.07, 6.45) is 0. The van der Waals surface area contributed by atoms with Crippen LogP contribution in [0.25, 0.3) is 110 Å². The summed E-state index contributed by atoms with van der Waals surface area (Å²) in [6, 6.07) is 48.5. The molecule has 12 aromatic rings.